The topological polar surface area (TPSA) is 61.9 Å². The van der Waals surface area contributed by atoms with Crippen LogP contribution in [-0.2, 0) is 10.2 Å². The number of benzene rings is 1. The van der Waals surface area contributed by atoms with Crippen molar-refractivity contribution in [3.8, 4) is 5.75 Å². The van der Waals surface area contributed by atoms with Gasteiger partial charge in [-0.15, -0.1) is 11.3 Å². The molecule has 160 valence electrons. The first-order valence-corrected chi connectivity index (χ1v) is 11.6. The molecule has 1 aliphatic carbocycles. The molecule has 1 aromatic carbocycles. The van der Waals surface area contributed by atoms with Crippen LogP contribution in [0.5, 0.6) is 5.75 Å². The summed E-state index contributed by atoms with van der Waals surface area (Å²) in [6, 6.07) is 11.7. The van der Waals surface area contributed by atoms with Crippen LogP contribution < -0.4 is 15.0 Å². The molecule has 2 aromatic rings. The Kier molecular flexibility index (Phi) is 6.27. The van der Waals surface area contributed by atoms with E-state index in [4.69, 9.17) is 4.74 Å². The van der Waals surface area contributed by atoms with Crippen molar-refractivity contribution in [2.75, 3.05) is 37.7 Å². The van der Waals surface area contributed by atoms with Crippen molar-refractivity contribution >= 4 is 29.0 Å². The lowest BCUT2D eigenvalue weighted by Gasteiger charge is -2.28. The number of carbonyl (C=O) groups is 2. The van der Waals surface area contributed by atoms with Gasteiger partial charge in [-0.05, 0) is 55.5 Å². The fourth-order valence-corrected chi connectivity index (χ4v) is 5.48. The van der Waals surface area contributed by atoms with Crippen LogP contribution in [0.4, 0.5) is 10.5 Å². The second kappa shape index (κ2) is 9.08. The van der Waals surface area contributed by atoms with Crippen molar-refractivity contribution in [1.29, 1.82) is 0 Å². The van der Waals surface area contributed by atoms with E-state index >= 15 is 0 Å². The molecule has 0 radical (unpaired) electrons. The van der Waals surface area contributed by atoms with E-state index in [9.17, 15) is 9.59 Å². The van der Waals surface area contributed by atoms with Crippen molar-refractivity contribution in [2.45, 2.75) is 38.0 Å². The van der Waals surface area contributed by atoms with Crippen molar-refractivity contribution in [3.63, 3.8) is 0 Å². The summed E-state index contributed by atoms with van der Waals surface area (Å²) in [5.41, 5.74) is 0.890. The van der Waals surface area contributed by atoms with Gasteiger partial charge in [0.2, 0.25) is 5.91 Å². The molecule has 1 aromatic heterocycles. The first kappa shape index (κ1) is 20.7. The molecule has 30 heavy (non-hydrogen) atoms. The Balaban J connectivity index is 1.32. The van der Waals surface area contributed by atoms with Gasteiger partial charge in [0.05, 0.1) is 6.61 Å². The average Bonchev–Trinajstić information content (AvgIpc) is 3.50. The number of hydrogen-bond acceptors (Lipinski definition) is 4. The molecule has 0 spiro atoms. The number of carbonyl (C=O) groups excluding carboxylic acids is 2. The molecule has 0 atom stereocenters. The summed E-state index contributed by atoms with van der Waals surface area (Å²) in [7, 11) is 0. The monoisotopic (exact) mass is 427 g/mol. The van der Waals surface area contributed by atoms with Crippen LogP contribution in [-0.4, -0.2) is 49.6 Å². The summed E-state index contributed by atoms with van der Waals surface area (Å²) >= 11 is 1.77. The number of rotatable bonds is 8. The van der Waals surface area contributed by atoms with E-state index in [1.807, 2.05) is 31.2 Å². The first-order valence-electron chi connectivity index (χ1n) is 10.7. The van der Waals surface area contributed by atoms with E-state index in [0.717, 1.165) is 24.3 Å². The lowest BCUT2D eigenvalue weighted by Crippen LogP contribution is -2.44. The van der Waals surface area contributed by atoms with Gasteiger partial charge in [-0.3, -0.25) is 9.69 Å². The molecule has 1 aliphatic heterocycles. The number of anilines is 1. The van der Waals surface area contributed by atoms with Gasteiger partial charge in [0.1, 0.15) is 12.3 Å². The number of thiophene rings is 1. The van der Waals surface area contributed by atoms with Crippen LogP contribution in [0.3, 0.4) is 0 Å². The Labute approximate surface area is 181 Å². The number of amides is 3. The maximum absolute atomic E-state index is 12.8. The molecular formula is C23H29N3O3S. The second-order valence-electron chi connectivity index (χ2n) is 8.02. The van der Waals surface area contributed by atoms with Gasteiger partial charge in [-0.2, -0.15) is 0 Å². The number of nitrogens with one attached hydrogen (secondary N) is 1. The molecule has 7 heteroatoms. The third-order valence-corrected chi connectivity index (χ3v) is 7.23. The van der Waals surface area contributed by atoms with Crippen LogP contribution >= 0.6 is 11.3 Å². The quantitative estimate of drug-likeness (QED) is 0.692. The van der Waals surface area contributed by atoms with Crippen molar-refractivity contribution in [1.82, 2.24) is 10.2 Å². The van der Waals surface area contributed by atoms with Gasteiger partial charge in [-0.25, -0.2) is 4.79 Å². The minimum atomic E-state index is -0.122. The van der Waals surface area contributed by atoms with Crippen LogP contribution in [0.15, 0.2) is 41.8 Å². The fourth-order valence-electron chi connectivity index (χ4n) is 4.50. The zero-order valence-corrected chi connectivity index (χ0v) is 18.2. The second-order valence-corrected chi connectivity index (χ2v) is 8.97. The van der Waals surface area contributed by atoms with E-state index in [1.54, 1.807) is 21.1 Å². The van der Waals surface area contributed by atoms with Crippen molar-refractivity contribution < 1.29 is 14.3 Å². The van der Waals surface area contributed by atoms with E-state index in [1.165, 1.54) is 17.7 Å². The Bertz CT molecular complexity index is 860. The Morgan fingerprint density at radius 2 is 1.93 bits per heavy atom. The summed E-state index contributed by atoms with van der Waals surface area (Å²) in [5.74, 6) is 0.704. The predicted molar refractivity (Wildman–Crippen MR) is 119 cm³/mol. The smallest absolute Gasteiger partial charge is 0.325 e. The van der Waals surface area contributed by atoms with Gasteiger partial charge >= 0.3 is 6.03 Å². The van der Waals surface area contributed by atoms with Crippen LogP contribution in [0.2, 0.25) is 0 Å². The molecule has 0 bridgehead atoms. The van der Waals surface area contributed by atoms with E-state index in [2.05, 4.69) is 22.8 Å². The lowest BCUT2D eigenvalue weighted by molar-refractivity contribution is -0.121. The van der Waals surface area contributed by atoms with Crippen LogP contribution in [0.25, 0.3) is 0 Å². The standard InChI is InChI=1S/C23H29N3O3S/c1-2-29-19-9-7-18(8-10-19)26-14-13-25(22(26)28)16-21(27)24-17-23(11-3-4-12-23)20-6-5-15-30-20/h5-10,15H,2-4,11-14,16-17H2,1H3,(H,24,27). The lowest BCUT2D eigenvalue weighted by atomic mass is 9.84. The summed E-state index contributed by atoms with van der Waals surface area (Å²) < 4.78 is 5.46. The summed E-state index contributed by atoms with van der Waals surface area (Å²) in [6.45, 7) is 4.44. The van der Waals surface area contributed by atoms with Crippen molar-refractivity contribution in [2.24, 2.45) is 0 Å². The molecular weight excluding hydrogens is 398 g/mol. The summed E-state index contributed by atoms with van der Waals surface area (Å²) in [4.78, 5) is 30.1. The number of urea groups is 1. The highest BCUT2D eigenvalue weighted by molar-refractivity contribution is 7.10. The molecule has 1 saturated heterocycles. The third kappa shape index (κ3) is 4.31. The normalized spacial score (nSPS) is 18.1. The summed E-state index contributed by atoms with van der Waals surface area (Å²) in [5, 5.41) is 5.22. The fraction of sp³-hybridized carbons (Fsp3) is 0.478. The largest absolute Gasteiger partial charge is 0.494 e. The van der Waals surface area contributed by atoms with Crippen LogP contribution in [0, 0.1) is 0 Å². The minimum absolute atomic E-state index is 0.0627. The first-order chi connectivity index (χ1) is 14.6. The molecule has 2 fully saturated rings. The molecule has 1 N–H and O–H groups in total. The van der Waals surface area contributed by atoms with E-state index in [0.29, 0.717) is 26.2 Å². The van der Waals surface area contributed by atoms with Crippen LogP contribution in [0.1, 0.15) is 37.5 Å². The molecule has 4 rings (SSSR count). The Hall–Kier alpha value is -2.54. The Morgan fingerprint density at radius 3 is 2.60 bits per heavy atom. The highest BCUT2D eigenvalue weighted by Crippen LogP contribution is 2.42. The van der Waals surface area contributed by atoms with Gasteiger partial charge in [0.15, 0.2) is 0 Å². The zero-order valence-electron chi connectivity index (χ0n) is 17.4. The van der Waals surface area contributed by atoms with Gasteiger partial charge in [-0.1, -0.05) is 18.9 Å². The molecule has 3 amide bonds. The predicted octanol–water partition coefficient (Wildman–Crippen LogP) is 4.02. The SMILES string of the molecule is CCOc1ccc(N2CCN(CC(=O)NCC3(c4cccs4)CCCC3)C2=O)cc1. The highest BCUT2D eigenvalue weighted by Gasteiger charge is 2.37. The molecule has 0 unspecified atom stereocenters. The van der Waals surface area contributed by atoms with E-state index in [-0.39, 0.29) is 23.9 Å². The Morgan fingerprint density at radius 1 is 1.17 bits per heavy atom. The van der Waals surface area contributed by atoms with E-state index < -0.39 is 0 Å². The van der Waals surface area contributed by atoms with Gasteiger partial charge in [0, 0.05) is 35.6 Å². The van der Waals surface area contributed by atoms with Crippen molar-refractivity contribution in [3.05, 3.63) is 46.7 Å². The third-order valence-electron chi connectivity index (χ3n) is 6.12. The number of nitrogens with zero attached hydrogens (tertiary/aromatic N) is 2. The maximum atomic E-state index is 12.8. The minimum Gasteiger partial charge on any atom is -0.494 e. The zero-order chi connectivity index (χ0) is 21.0. The maximum Gasteiger partial charge on any atom is 0.325 e. The highest BCUT2D eigenvalue weighted by atomic mass is 32.1. The van der Waals surface area contributed by atoms with Gasteiger partial charge < -0.3 is 15.0 Å². The molecule has 2 heterocycles. The number of ether oxygens (including phenoxy) is 1. The molecule has 2 aliphatic rings. The summed E-state index contributed by atoms with van der Waals surface area (Å²) in [6.07, 6.45) is 4.63. The molecule has 6 nitrogen and oxygen atoms in total. The number of hydrogen-bond donors (Lipinski definition) is 1. The average molecular weight is 428 g/mol. The molecule has 1 saturated carbocycles. The van der Waals surface area contributed by atoms with Gasteiger partial charge in [0.25, 0.3) is 0 Å².